The third-order valence-corrected chi connectivity index (χ3v) is 11.2. The molecule has 0 unspecified atom stereocenters. The van der Waals surface area contributed by atoms with Crippen LogP contribution in [-0.2, 0) is 4.74 Å². The number of hydrogen-bond acceptors (Lipinski definition) is 7. The Kier molecular flexibility index (Phi) is 11.2. The monoisotopic (exact) mass is 852 g/mol. The first kappa shape index (κ1) is 39.7. The molecule has 0 radical (unpaired) electrons. The van der Waals surface area contributed by atoms with Gasteiger partial charge in [-0.05, 0) is 85.6 Å². The molecule has 14 nitrogen and oxygen atoms in total. The highest BCUT2D eigenvalue weighted by Crippen LogP contribution is 2.30. The molecule has 18 heteroatoms. The Hall–Kier alpha value is -5.54. The van der Waals surface area contributed by atoms with E-state index in [0.717, 1.165) is 0 Å². The number of aromatic nitrogens is 4. The maximum absolute atomic E-state index is 12.9. The molecule has 2 atom stereocenters. The summed E-state index contributed by atoms with van der Waals surface area (Å²) in [7, 11) is 1.30. The zero-order valence-electron chi connectivity index (χ0n) is 29.9. The number of nitrogens with one attached hydrogen (secondary N) is 2. The van der Waals surface area contributed by atoms with Gasteiger partial charge in [0.1, 0.15) is 0 Å². The van der Waals surface area contributed by atoms with Crippen molar-refractivity contribution < 1.29 is 29.0 Å². The lowest BCUT2D eigenvalue weighted by atomic mass is 10.2. The molecule has 4 aromatic carbocycles. The highest BCUT2D eigenvalue weighted by atomic mass is 35.5. The Morgan fingerprint density at radius 2 is 1.09 bits per heavy atom. The number of esters is 1. The van der Waals surface area contributed by atoms with E-state index in [2.05, 4.69) is 9.97 Å². The molecule has 2 aliphatic rings. The van der Waals surface area contributed by atoms with Crippen LogP contribution in [-0.4, -0.2) is 91.1 Å². The fourth-order valence-corrected chi connectivity index (χ4v) is 8.27. The fraction of sp³-hybridized carbons (Fsp3) is 0.231. The van der Waals surface area contributed by atoms with Gasteiger partial charge in [-0.15, -0.1) is 0 Å². The van der Waals surface area contributed by atoms with Crippen LogP contribution in [0.15, 0.2) is 82.4 Å². The number of halogens is 4. The van der Waals surface area contributed by atoms with E-state index in [1.54, 1.807) is 62.9 Å². The van der Waals surface area contributed by atoms with Gasteiger partial charge in [0.2, 0.25) is 0 Å². The van der Waals surface area contributed by atoms with E-state index in [1.165, 1.54) is 35.9 Å². The van der Waals surface area contributed by atoms with Crippen molar-refractivity contribution in [3.05, 3.63) is 136 Å². The summed E-state index contributed by atoms with van der Waals surface area (Å²) in [5.74, 6) is -1.99. The van der Waals surface area contributed by atoms with Crippen LogP contribution in [0.25, 0.3) is 22.1 Å². The minimum absolute atomic E-state index is 0.0964. The van der Waals surface area contributed by atoms with Crippen molar-refractivity contribution >= 4 is 92.2 Å². The molecule has 3 N–H and O–H groups in total. The van der Waals surface area contributed by atoms with Gasteiger partial charge in [-0.25, -0.2) is 19.2 Å². The molecule has 2 aliphatic heterocycles. The zero-order valence-corrected chi connectivity index (χ0v) is 33.0. The summed E-state index contributed by atoms with van der Waals surface area (Å²) in [6, 6.07) is 18.3. The van der Waals surface area contributed by atoms with E-state index in [0.29, 0.717) is 87.8 Å². The standard InChI is InChI=1S/C20H17Cl2N3O4.C19H15Cl2N3O4/c1-29-19(27)11-2-5-16-17(8-11)25(20(28)23-16)13-6-7-24(10-13)18(26)14-4-3-12(21)9-15(14)22;20-11-2-3-13(14(21)8-11)17(25)23-6-5-12(9-23)24-16-7-10(18(26)27)1-4-15(16)22-19(24)28/h2-5,8-9,13H,6-7,10H2,1H3,(H,23,28);1-4,7-8,12H,5-6,9H2,(H,22,28)(H,26,27)/t13-;12-/m11/s1. The summed E-state index contributed by atoms with van der Waals surface area (Å²) >= 11 is 24.1. The molecule has 2 saturated heterocycles. The number of rotatable bonds is 6. The number of hydrogen-bond donors (Lipinski definition) is 3. The summed E-state index contributed by atoms with van der Waals surface area (Å²) in [6.45, 7) is 1.62. The number of methoxy groups -OCH3 is 1. The number of aromatic carboxylic acids is 1. The number of ether oxygens (including phenoxy) is 1. The first-order valence-electron chi connectivity index (χ1n) is 17.5. The van der Waals surface area contributed by atoms with Crippen molar-refractivity contribution in [1.82, 2.24) is 28.9 Å². The normalized spacial score (nSPS) is 16.5. The molecule has 0 aliphatic carbocycles. The number of imidazole rings is 2. The summed E-state index contributed by atoms with van der Waals surface area (Å²) in [5, 5.41) is 10.7. The number of nitrogens with zero attached hydrogens (tertiary/aromatic N) is 4. The van der Waals surface area contributed by atoms with Crippen molar-refractivity contribution in [3.63, 3.8) is 0 Å². The Morgan fingerprint density at radius 1 is 0.649 bits per heavy atom. The number of carbonyl (C=O) groups excluding carboxylic acids is 3. The molecule has 57 heavy (non-hydrogen) atoms. The molecule has 0 saturated carbocycles. The minimum Gasteiger partial charge on any atom is -0.478 e. The highest BCUT2D eigenvalue weighted by Gasteiger charge is 2.32. The molecular weight excluding hydrogens is 822 g/mol. The quantitative estimate of drug-likeness (QED) is 0.151. The van der Waals surface area contributed by atoms with Crippen LogP contribution in [0.1, 0.15) is 66.4 Å². The molecule has 6 aromatic rings. The predicted octanol–water partition coefficient (Wildman–Crippen LogP) is 6.93. The van der Waals surface area contributed by atoms with Crippen LogP contribution >= 0.6 is 46.4 Å². The number of carboxylic acids is 1. The second-order valence-corrected chi connectivity index (χ2v) is 15.2. The van der Waals surface area contributed by atoms with Gasteiger partial charge < -0.3 is 29.6 Å². The van der Waals surface area contributed by atoms with Crippen LogP contribution in [0, 0.1) is 0 Å². The fourth-order valence-electron chi connectivity index (χ4n) is 7.29. The lowest BCUT2D eigenvalue weighted by Gasteiger charge is -2.18. The first-order chi connectivity index (χ1) is 27.2. The van der Waals surface area contributed by atoms with Crippen molar-refractivity contribution in [2.45, 2.75) is 24.9 Å². The minimum atomic E-state index is -1.07. The van der Waals surface area contributed by atoms with Gasteiger partial charge >= 0.3 is 23.3 Å². The molecule has 294 valence electrons. The lowest BCUT2D eigenvalue weighted by molar-refractivity contribution is 0.0599. The van der Waals surface area contributed by atoms with Crippen LogP contribution in [0.2, 0.25) is 20.1 Å². The number of aromatic amines is 2. The molecular formula is C39H32Cl4N6O8. The molecule has 8 rings (SSSR count). The Bertz CT molecular complexity index is 2720. The smallest absolute Gasteiger partial charge is 0.337 e. The van der Waals surface area contributed by atoms with Crippen molar-refractivity contribution in [2.75, 3.05) is 33.3 Å². The van der Waals surface area contributed by atoms with Crippen LogP contribution in [0.3, 0.4) is 0 Å². The molecule has 0 spiro atoms. The lowest BCUT2D eigenvalue weighted by Crippen LogP contribution is -2.31. The van der Waals surface area contributed by atoms with Gasteiger partial charge in [0.15, 0.2) is 0 Å². The van der Waals surface area contributed by atoms with E-state index in [4.69, 9.17) is 51.1 Å². The van der Waals surface area contributed by atoms with Crippen molar-refractivity contribution in [1.29, 1.82) is 0 Å². The Balaban J connectivity index is 0.000000174. The van der Waals surface area contributed by atoms with Crippen LogP contribution in [0.4, 0.5) is 0 Å². The van der Waals surface area contributed by atoms with Gasteiger partial charge in [-0.1, -0.05) is 46.4 Å². The largest absolute Gasteiger partial charge is 0.478 e. The average molecular weight is 855 g/mol. The van der Waals surface area contributed by atoms with E-state index in [-0.39, 0.29) is 50.9 Å². The molecule has 2 amide bonds. The summed E-state index contributed by atoms with van der Waals surface area (Å²) in [5.41, 5.74) is 2.84. The van der Waals surface area contributed by atoms with E-state index in [9.17, 15) is 33.9 Å². The number of fused-ring (bicyclic) bond motifs is 2. The van der Waals surface area contributed by atoms with E-state index in [1.807, 2.05) is 0 Å². The Labute approximate surface area is 343 Å². The third kappa shape index (κ3) is 7.90. The van der Waals surface area contributed by atoms with Gasteiger partial charge in [-0.2, -0.15) is 0 Å². The SMILES string of the molecule is COC(=O)c1ccc2[nH]c(=O)n([C@@H]3CCN(C(=O)c4ccc(Cl)cc4Cl)C3)c2c1.O=C(O)c1ccc2[nH]c(=O)n([C@@H]3CCN(C(=O)c4ccc(Cl)cc4Cl)C3)c2c1. The number of likely N-dealkylation sites (tertiary alicyclic amines) is 2. The zero-order chi connectivity index (χ0) is 40.7. The number of carbonyl (C=O) groups is 4. The molecule has 0 bridgehead atoms. The molecule has 2 fully saturated rings. The average Bonchev–Trinajstić information content (AvgIpc) is 3.98. The summed E-state index contributed by atoms with van der Waals surface area (Å²) in [4.78, 5) is 82.7. The third-order valence-electron chi connectivity index (χ3n) is 10.1. The van der Waals surface area contributed by atoms with E-state index < -0.39 is 11.9 Å². The maximum atomic E-state index is 12.9. The summed E-state index contributed by atoms with van der Waals surface area (Å²) in [6.07, 6.45) is 1.17. The van der Waals surface area contributed by atoms with Crippen LogP contribution in [0.5, 0.6) is 0 Å². The number of amides is 2. The van der Waals surface area contributed by atoms with Crippen molar-refractivity contribution in [3.8, 4) is 0 Å². The van der Waals surface area contributed by atoms with Crippen molar-refractivity contribution in [2.24, 2.45) is 0 Å². The van der Waals surface area contributed by atoms with Gasteiger partial charge in [-0.3, -0.25) is 18.7 Å². The molecule has 4 heterocycles. The Morgan fingerprint density at radius 3 is 1.51 bits per heavy atom. The topological polar surface area (TPSA) is 180 Å². The van der Waals surface area contributed by atoms with Gasteiger partial charge in [0.05, 0.1) is 73.6 Å². The maximum Gasteiger partial charge on any atom is 0.337 e. The highest BCUT2D eigenvalue weighted by molar-refractivity contribution is 6.37. The number of benzene rings is 4. The summed E-state index contributed by atoms with van der Waals surface area (Å²) < 4.78 is 7.89. The second kappa shape index (κ2) is 16.1. The van der Waals surface area contributed by atoms with Crippen LogP contribution < -0.4 is 11.4 Å². The predicted molar refractivity (Wildman–Crippen MR) is 215 cm³/mol. The van der Waals surface area contributed by atoms with Gasteiger partial charge in [0.25, 0.3) is 11.8 Å². The number of H-pyrrole nitrogens is 2. The first-order valence-corrected chi connectivity index (χ1v) is 19.0. The molecule has 2 aromatic heterocycles. The number of carboxylic acid groups (broad SMARTS) is 1. The second-order valence-electron chi connectivity index (χ2n) is 13.5. The van der Waals surface area contributed by atoms with Gasteiger partial charge in [0, 0.05) is 36.2 Å². The van der Waals surface area contributed by atoms with E-state index >= 15 is 0 Å².